The normalized spacial score (nSPS) is 13.1. The Morgan fingerprint density at radius 2 is 1.73 bits per heavy atom. The number of benzene rings is 1. The molecular weight excluding hydrogens is 300 g/mol. The molecule has 0 aliphatic rings. The maximum absolute atomic E-state index is 12.7. The zero-order chi connectivity index (χ0) is 17.3. The number of aldehydes is 1. The summed E-state index contributed by atoms with van der Waals surface area (Å²) in [5, 5.41) is 20.0. The highest BCUT2D eigenvalue weighted by Gasteiger charge is 2.41. The lowest BCUT2D eigenvalue weighted by Gasteiger charge is -2.38. The van der Waals surface area contributed by atoms with Crippen LogP contribution < -0.4 is 5.46 Å². The van der Waals surface area contributed by atoms with Crippen LogP contribution in [0.1, 0.15) is 43.6 Å². The van der Waals surface area contributed by atoms with Crippen molar-refractivity contribution in [1.82, 2.24) is 0 Å². The summed E-state index contributed by atoms with van der Waals surface area (Å²) in [5.41, 5.74) is -4.05. The molecule has 0 amide bonds. The van der Waals surface area contributed by atoms with Gasteiger partial charge in [-0.3, -0.25) is 4.79 Å². The van der Waals surface area contributed by atoms with Gasteiger partial charge in [-0.05, 0) is 45.3 Å². The zero-order valence-electron chi connectivity index (χ0n) is 12.7. The maximum atomic E-state index is 12.7. The fourth-order valence-electron chi connectivity index (χ4n) is 1.56. The third-order valence-corrected chi connectivity index (χ3v) is 3.69. The van der Waals surface area contributed by atoms with E-state index in [2.05, 4.69) is 0 Å². The Kier molecular flexibility index (Phi) is 5.11. The van der Waals surface area contributed by atoms with Crippen molar-refractivity contribution in [3.05, 3.63) is 29.3 Å². The minimum Gasteiger partial charge on any atom is -0.423 e. The molecule has 0 heterocycles. The maximum Gasteiger partial charge on any atom is 0.492 e. The van der Waals surface area contributed by atoms with Crippen LogP contribution in [0.15, 0.2) is 18.2 Å². The van der Waals surface area contributed by atoms with Crippen LogP contribution in [-0.2, 0) is 10.8 Å². The van der Waals surface area contributed by atoms with E-state index in [9.17, 15) is 28.1 Å². The van der Waals surface area contributed by atoms with Gasteiger partial charge in [0.15, 0.2) is 0 Å². The third-order valence-electron chi connectivity index (χ3n) is 3.69. The Morgan fingerprint density at radius 3 is 2.14 bits per heavy atom. The summed E-state index contributed by atoms with van der Waals surface area (Å²) in [4.78, 5) is 11.0. The Bertz CT molecular complexity index is 550. The molecule has 0 unspecified atom stereocenters. The molecule has 1 aromatic rings. The van der Waals surface area contributed by atoms with E-state index >= 15 is 0 Å². The van der Waals surface area contributed by atoms with Crippen LogP contribution in [0, 0.1) is 0 Å². The lowest BCUT2D eigenvalue weighted by Crippen LogP contribution is -2.53. The molecule has 0 aromatic heterocycles. The number of aliphatic hydroxyl groups is 1. The summed E-state index contributed by atoms with van der Waals surface area (Å²) in [6.07, 6.45) is -4.28. The van der Waals surface area contributed by atoms with E-state index in [4.69, 9.17) is 4.65 Å². The first-order chi connectivity index (χ1) is 9.79. The molecule has 22 heavy (non-hydrogen) atoms. The molecular formula is C14H18BF3O4. The molecule has 1 aromatic carbocycles. The van der Waals surface area contributed by atoms with E-state index in [1.54, 1.807) is 0 Å². The molecule has 4 nitrogen and oxygen atoms in total. The van der Waals surface area contributed by atoms with Crippen molar-refractivity contribution < 1.29 is 32.8 Å². The molecule has 0 spiro atoms. The average Bonchev–Trinajstić information content (AvgIpc) is 2.34. The fraction of sp³-hybridized carbons (Fsp3) is 0.500. The van der Waals surface area contributed by atoms with Gasteiger partial charge in [-0.1, -0.05) is 6.07 Å². The quantitative estimate of drug-likeness (QED) is 0.641. The lowest BCUT2D eigenvalue weighted by atomic mass is 9.73. The molecule has 0 fully saturated rings. The van der Waals surface area contributed by atoms with Crippen molar-refractivity contribution in [3.8, 4) is 0 Å². The van der Waals surface area contributed by atoms with Gasteiger partial charge in [0.25, 0.3) is 0 Å². The number of hydrogen-bond donors (Lipinski definition) is 2. The number of carbonyl (C=O) groups excluding carboxylic acids is 1. The van der Waals surface area contributed by atoms with Crippen LogP contribution in [0.3, 0.4) is 0 Å². The number of carbonyl (C=O) groups is 1. The standard InChI is InChI=1S/C14H18BF3O4/c1-12(2,20)13(3,4)22-15(21)11-7-10(14(16,17)18)6-5-9(11)8-19/h5-8,20-21H,1-4H3. The average molecular weight is 318 g/mol. The number of halogens is 3. The van der Waals surface area contributed by atoms with Gasteiger partial charge in [-0.15, -0.1) is 0 Å². The van der Waals surface area contributed by atoms with Crippen molar-refractivity contribution >= 4 is 18.9 Å². The Morgan fingerprint density at radius 1 is 1.18 bits per heavy atom. The van der Waals surface area contributed by atoms with Crippen LogP contribution >= 0.6 is 0 Å². The van der Waals surface area contributed by atoms with Crippen LogP contribution in [0.4, 0.5) is 13.2 Å². The Labute approximate surface area is 127 Å². The van der Waals surface area contributed by atoms with Crippen molar-refractivity contribution in [2.45, 2.75) is 45.1 Å². The highest BCUT2D eigenvalue weighted by atomic mass is 19.4. The first-order valence-electron chi connectivity index (χ1n) is 6.54. The van der Waals surface area contributed by atoms with Gasteiger partial charge in [0.1, 0.15) is 6.29 Å². The molecule has 0 bridgehead atoms. The molecule has 8 heteroatoms. The second-order valence-electron chi connectivity index (χ2n) is 6.00. The molecule has 0 aliphatic carbocycles. The third kappa shape index (κ3) is 4.09. The minimum atomic E-state index is -4.61. The number of rotatable bonds is 5. The largest absolute Gasteiger partial charge is 0.492 e. The van der Waals surface area contributed by atoms with Crippen LogP contribution in [-0.4, -0.2) is 34.7 Å². The monoisotopic (exact) mass is 318 g/mol. The molecule has 2 N–H and O–H groups in total. The Balaban J connectivity index is 3.21. The van der Waals surface area contributed by atoms with Gasteiger partial charge in [-0.25, -0.2) is 0 Å². The summed E-state index contributed by atoms with van der Waals surface area (Å²) < 4.78 is 43.5. The van der Waals surface area contributed by atoms with E-state index in [1.807, 2.05) is 0 Å². The number of alkyl halides is 3. The molecule has 0 radical (unpaired) electrons. The van der Waals surface area contributed by atoms with Gasteiger partial charge >= 0.3 is 13.3 Å². The first-order valence-corrected chi connectivity index (χ1v) is 6.54. The predicted molar refractivity (Wildman–Crippen MR) is 75.9 cm³/mol. The minimum absolute atomic E-state index is 0.118. The van der Waals surface area contributed by atoms with Crippen molar-refractivity contribution in [3.63, 3.8) is 0 Å². The van der Waals surface area contributed by atoms with E-state index < -0.39 is 30.1 Å². The lowest BCUT2D eigenvalue weighted by molar-refractivity contribution is -0.137. The summed E-state index contributed by atoms with van der Waals surface area (Å²) in [7, 11) is -1.79. The smallest absolute Gasteiger partial charge is 0.423 e. The second-order valence-corrected chi connectivity index (χ2v) is 6.00. The van der Waals surface area contributed by atoms with Crippen LogP contribution in [0.5, 0.6) is 0 Å². The fourth-order valence-corrected chi connectivity index (χ4v) is 1.56. The van der Waals surface area contributed by atoms with Crippen molar-refractivity contribution in [2.75, 3.05) is 0 Å². The molecule has 1 rings (SSSR count). The summed E-state index contributed by atoms with van der Waals surface area (Å²) in [6.45, 7) is 5.83. The first kappa shape index (κ1) is 18.7. The second kappa shape index (κ2) is 6.02. The van der Waals surface area contributed by atoms with Gasteiger partial charge in [0.2, 0.25) is 0 Å². The topological polar surface area (TPSA) is 66.8 Å². The van der Waals surface area contributed by atoms with E-state index in [1.165, 1.54) is 27.7 Å². The zero-order valence-corrected chi connectivity index (χ0v) is 12.7. The van der Waals surface area contributed by atoms with E-state index in [-0.39, 0.29) is 11.0 Å². The highest BCUT2D eigenvalue weighted by Crippen LogP contribution is 2.29. The molecule has 122 valence electrons. The highest BCUT2D eigenvalue weighted by molar-refractivity contribution is 6.61. The summed E-state index contributed by atoms with van der Waals surface area (Å²) >= 11 is 0. The van der Waals surface area contributed by atoms with Crippen LogP contribution in [0.2, 0.25) is 0 Å². The number of hydrogen-bond acceptors (Lipinski definition) is 4. The molecule has 0 atom stereocenters. The summed E-state index contributed by atoms with van der Waals surface area (Å²) in [6, 6.07) is 2.38. The molecule has 0 saturated carbocycles. The SMILES string of the molecule is CC(C)(O)C(C)(C)OB(O)c1cc(C(F)(F)F)ccc1C=O. The van der Waals surface area contributed by atoms with Crippen molar-refractivity contribution in [2.24, 2.45) is 0 Å². The van der Waals surface area contributed by atoms with Gasteiger partial charge < -0.3 is 14.8 Å². The Hall–Kier alpha value is -1.38. The van der Waals surface area contributed by atoms with Gasteiger partial charge in [0, 0.05) is 5.56 Å². The predicted octanol–water partition coefficient (Wildman–Crippen LogP) is 1.77. The van der Waals surface area contributed by atoms with Crippen LogP contribution in [0.25, 0.3) is 0 Å². The molecule has 0 saturated heterocycles. The summed E-state index contributed by atoms with van der Waals surface area (Å²) in [5.74, 6) is 0. The van der Waals surface area contributed by atoms with Crippen molar-refractivity contribution in [1.29, 1.82) is 0 Å². The van der Waals surface area contributed by atoms with Gasteiger partial charge in [-0.2, -0.15) is 13.2 Å². The van der Waals surface area contributed by atoms with E-state index in [0.29, 0.717) is 12.4 Å². The van der Waals surface area contributed by atoms with E-state index in [0.717, 1.165) is 12.1 Å². The van der Waals surface area contributed by atoms with Gasteiger partial charge in [0.05, 0.1) is 16.8 Å². The molecule has 0 aliphatic heterocycles.